The van der Waals surface area contributed by atoms with Gasteiger partial charge in [-0.15, -0.1) is 10.2 Å². The van der Waals surface area contributed by atoms with Gasteiger partial charge in [-0.05, 0) is 61.4 Å². The van der Waals surface area contributed by atoms with Crippen LogP contribution < -0.4 is 5.56 Å². The molecule has 4 heterocycles. The van der Waals surface area contributed by atoms with Crippen molar-refractivity contribution in [1.82, 2.24) is 34.4 Å². The number of halogens is 1. The summed E-state index contributed by atoms with van der Waals surface area (Å²) in [5.41, 5.74) is 0.740. The van der Waals surface area contributed by atoms with Crippen molar-refractivity contribution in [1.29, 1.82) is 0 Å². The molecule has 1 saturated heterocycles. The number of hydrogen-bond acceptors (Lipinski definition) is 8. The summed E-state index contributed by atoms with van der Waals surface area (Å²) in [6.45, 7) is 2.39. The third-order valence-corrected chi connectivity index (χ3v) is 6.98. The average Bonchev–Trinajstić information content (AvgIpc) is 3.58. The van der Waals surface area contributed by atoms with Crippen molar-refractivity contribution in [3.63, 3.8) is 0 Å². The third-order valence-electron chi connectivity index (χ3n) is 6.98. The molecule has 5 aromatic rings. The smallest absolute Gasteiger partial charge is 0.264 e. The molecule has 11 nitrogen and oxygen atoms in total. The summed E-state index contributed by atoms with van der Waals surface area (Å²) >= 11 is 0. The van der Waals surface area contributed by atoms with Crippen LogP contribution in [0.25, 0.3) is 28.2 Å². The molecule has 39 heavy (non-hydrogen) atoms. The molecule has 1 N–H and O–H groups in total. The highest BCUT2D eigenvalue weighted by atomic mass is 19.1. The van der Waals surface area contributed by atoms with Gasteiger partial charge in [0.05, 0.1) is 24.0 Å². The Hall–Kier alpha value is -4.71. The number of amides is 1. The average molecular weight is 530 g/mol. The quantitative estimate of drug-likeness (QED) is 0.368. The highest BCUT2D eigenvalue weighted by molar-refractivity contribution is 5.94. The number of benzene rings is 2. The lowest BCUT2D eigenvalue weighted by Crippen LogP contribution is -2.49. The maximum Gasteiger partial charge on any atom is 0.264 e. The summed E-state index contributed by atoms with van der Waals surface area (Å²) < 4.78 is 21.6. The van der Waals surface area contributed by atoms with Gasteiger partial charge in [0, 0.05) is 31.1 Å². The molecule has 0 unspecified atom stereocenters. The minimum Gasteiger partial charge on any atom is -0.421 e. The van der Waals surface area contributed by atoms with Gasteiger partial charge < -0.3 is 14.4 Å². The number of aliphatic hydroxyl groups is 1. The van der Waals surface area contributed by atoms with Crippen LogP contribution in [0.4, 0.5) is 4.39 Å². The monoisotopic (exact) mass is 529 g/mol. The molecule has 0 aliphatic carbocycles. The first-order chi connectivity index (χ1) is 18.8. The number of fused-ring (bicyclic) bond motifs is 1. The normalized spacial score (nSPS) is 15.1. The predicted octanol–water partition coefficient (Wildman–Crippen LogP) is 2.75. The fraction of sp³-hybridized carbons (Fsp3) is 0.259. The van der Waals surface area contributed by atoms with Gasteiger partial charge in [0.25, 0.3) is 11.5 Å². The van der Waals surface area contributed by atoms with Gasteiger partial charge >= 0.3 is 0 Å². The maximum absolute atomic E-state index is 13.3. The van der Waals surface area contributed by atoms with Gasteiger partial charge in [0.1, 0.15) is 17.5 Å². The Balaban J connectivity index is 1.17. The SMILES string of the molecule is Cc1nnc(-c2ccc(-n3ncc4c(=O)n(CC5(O)CCN(C(=O)c6ccc(F)cc6)CC5)cnc43)cc2)o1. The second kappa shape index (κ2) is 9.55. The molecule has 0 atom stereocenters. The van der Waals surface area contributed by atoms with Crippen molar-refractivity contribution in [2.24, 2.45) is 0 Å². The van der Waals surface area contributed by atoms with Gasteiger partial charge in [-0.25, -0.2) is 14.1 Å². The Morgan fingerprint density at radius 1 is 1.08 bits per heavy atom. The summed E-state index contributed by atoms with van der Waals surface area (Å²) in [5.74, 6) is 0.259. The Bertz CT molecular complexity index is 1720. The maximum atomic E-state index is 13.3. The van der Waals surface area contributed by atoms with Crippen LogP contribution in [0.1, 0.15) is 29.1 Å². The topological polar surface area (TPSA) is 132 Å². The van der Waals surface area contributed by atoms with E-state index in [0.29, 0.717) is 47.2 Å². The third kappa shape index (κ3) is 4.70. The molecule has 2 aromatic carbocycles. The van der Waals surface area contributed by atoms with E-state index in [1.54, 1.807) is 16.5 Å². The van der Waals surface area contributed by atoms with Crippen LogP contribution in [0.3, 0.4) is 0 Å². The Kier molecular flexibility index (Phi) is 6.03. The highest BCUT2D eigenvalue weighted by Gasteiger charge is 2.35. The summed E-state index contributed by atoms with van der Waals surface area (Å²) in [4.78, 5) is 32.1. The number of rotatable bonds is 5. The minimum atomic E-state index is -1.18. The van der Waals surface area contributed by atoms with E-state index in [1.807, 2.05) is 24.3 Å². The first-order valence-electron chi connectivity index (χ1n) is 12.4. The second-order valence-electron chi connectivity index (χ2n) is 9.67. The molecule has 1 fully saturated rings. The molecule has 6 rings (SSSR count). The molecule has 1 aliphatic rings. The van der Waals surface area contributed by atoms with E-state index in [9.17, 15) is 19.1 Å². The van der Waals surface area contributed by atoms with Crippen LogP contribution in [0, 0.1) is 12.7 Å². The van der Waals surface area contributed by atoms with E-state index in [2.05, 4.69) is 20.3 Å². The van der Waals surface area contributed by atoms with E-state index in [0.717, 1.165) is 5.56 Å². The van der Waals surface area contributed by atoms with Crippen LogP contribution in [-0.2, 0) is 6.54 Å². The summed E-state index contributed by atoms with van der Waals surface area (Å²) in [6.07, 6.45) is 3.45. The molecular weight excluding hydrogens is 505 g/mol. The van der Waals surface area contributed by atoms with E-state index in [4.69, 9.17) is 4.42 Å². The molecule has 198 valence electrons. The van der Waals surface area contributed by atoms with Crippen molar-refractivity contribution in [3.05, 3.63) is 88.7 Å². The van der Waals surface area contributed by atoms with Crippen LogP contribution in [0.2, 0.25) is 0 Å². The summed E-state index contributed by atoms with van der Waals surface area (Å²) in [6, 6.07) is 12.7. The molecule has 0 spiro atoms. The van der Waals surface area contributed by atoms with Crippen molar-refractivity contribution in [2.75, 3.05) is 13.1 Å². The number of aryl methyl sites for hydroxylation is 1. The molecule has 3 aromatic heterocycles. The van der Waals surface area contributed by atoms with Gasteiger partial charge in [-0.3, -0.25) is 14.2 Å². The summed E-state index contributed by atoms with van der Waals surface area (Å²) in [7, 11) is 0. The number of piperidine rings is 1. The lowest BCUT2D eigenvalue weighted by Gasteiger charge is -2.38. The van der Waals surface area contributed by atoms with Gasteiger partial charge in [0.15, 0.2) is 5.65 Å². The van der Waals surface area contributed by atoms with Crippen LogP contribution in [-0.4, -0.2) is 64.1 Å². The zero-order valence-corrected chi connectivity index (χ0v) is 21.0. The van der Waals surface area contributed by atoms with Crippen LogP contribution in [0.15, 0.2) is 70.3 Å². The van der Waals surface area contributed by atoms with Gasteiger partial charge in [0.2, 0.25) is 11.8 Å². The Labute approximate surface area is 221 Å². The highest BCUT2D eigenvalue weighted by Crippen LogP contribution is 2.26. The van der Waals surface area contributed by atoms with Gasteiger partial charge in [-0.1, -0.05) is 0 Å². The Morgan fingerprint density at radius 2 is 1.79 bits per heavy atom. The fourth-order valence-electron chi connectivity index (χ4n) is 4.78. The van der Waals surface area contributed by atoms with E-state index in [-0.39, 0.29) is 30.9 Å². The number of nitrogens with zero attached hydrogens (tertiary/aromatic N) is 7. The lowest BCUT2D eigenvalue weighted by molar-refractivity contribution is -0.0299. The summed E-state index contributed by atoms with van der Waals surface area (Å²) in [5, 5.41) is 23.8. The van der Waals surface area contributed by atoms with Crippen molar-refractivity contribution in [2.45, 2.75) is 31.9 Å². The van der Waals surface area contributed by atoms with E-state index >= 15 is 0 Å². The second-order valence-corrected chi connectivity index (χ2v) is 9.67. The molecule has 0 radical (unpaired) electrons. The largest absolute Gasteiger partial charge is 0.421 e. The number of hydrogen-bond donors (Lipinski definition) is 1. The van der Waals surface area contributed by atoms with Gasteiger partial charge in [-0.2, -0.15) is 5.10 Å². The minimum absolute atomic E-state index is 0.0385. The number of carbonyl (C=O) groups excluding carboxylic acids is 1. The number of carbonyl (C=O) groups is 1. The molecule has 1 amide bonds. The van der Waals surface area contributed by atoms with E-state index < -0.39 is 11.4 Å². The molecule has 0 bridgehead atoms. The first-order valence-corrected chi connectivity index (χ1v) is 12.4. The number of aromatic nitrogens is 6. The zero-order chi connectivity index (χ0) is 27.1. The lowest BCUT2D eigenvalue weighted by atomic mass is 9.91. The van der Waals surface area contributed by atoms with Crippen molar-refractivity contribution < 1.29 is 18.7 Å². The van der Waals surface area contributed by atoms with Crippen molar-refractivity contribution >= 4 is 16.9 Å². The van der Waals surface area contributed by atoms with Crippen LogP contribution >= 0.6 is 0 Å². The molecular formula is C27H24FN7O4. The van der Waals surface area contributed by atoms with Crippen LogP contribution in [0.5, 0.6) is 0 Å². The standard InChI is InChI=1S/C27H24FN7O4/c1-17-31-32-24(39-17)18-4-8-21(9-5-18)35-23-22(14-30-35)26(37)34(16-29-23)15-27(38)10-12-33(13-11-27)25(36)19-2-6-20(28)7-3-19/h2-9,14,16,38H,10-13,15H2,1H3. The van der Waals surface area contributed by atoms with Crippen molar-refractivity contribution in [3.8, 4) is 17.1 Å². The first kappa shape index (κ1) is 24.6. The molecule has 1 aliphatic heterocycles. The molecule has 0 saturated carbocycles. The zero-order valence-electron chi connectivity index (χ0n) is 21.0. The predicted molar refractivity (Wildman–Crippen MR) is 138 cm³/mol. The number of likely N-dealkylation sites (tertiary alicyclic amines) is 1. The Morgan fingerprint density at radius 3 is 2.46 bits per heavy atom. The molecule has 12 heteroatoms. The van der Waals surface area contributed by atoms with E-state index in [1.165, 1.54) is 41.4 Å². The fourth-order valence-corrected chi connectivity index (χ4v) is 4.78.